The minimum Gasteiger partial charge on any atom is -0.478 e. The van der Waals surface area contributed by atoms with Gasteiger partial charge in [-0.25, -0.2) is 4.79 Å². The first-order valence-electron chi connectivity index (χ1n) is 5.28. The molecule has 0 atom stereocenters. The topological polar surface area (TPSA) is 62.2 Å². The molecule has 0 fully saturated rings. The lowest BCUT2D eigenvalue weighted by Gasteiger charge is -2.10. The van der Waals surface area contributed by atoms with Crippen LogP contribution in [0.5, 0.6) is 0 Å². The van der Waals surface area contributed by atoms with Crippen molar-refractivity contribution in [2.24, 2.45) is 0 Å². The Morgan fingerprint density at radius 2 is 2.17 bits per heavy atom. The quantitative estimate of drug-likeness (QED) is 0.909. The van der Waals surface area contributed by atoms with E-state index in [-0.39, 0.29) is 5.56 Å². The summed E-state index contributed by atoms with van der Waals surface area (Å²) in [5.74, 6) is -1.00. The number of nitrogens with one attached hydrogen (secondary N) is 1. The van der Waals surface area contributed by atoms with Crippen molar-refractivity contribution in [3.8, 4) is 0 Å². The second kappa shape index (κ2) is 5.18. The highest BCUT2D eigenvalue weighted by atomic mass is 79.9. The molecule has 0 unspecified atom stereocenters. The van der Waals surface area contributed by atoms with Crippen LogP contribution in [0.4, 0.5) is 11.4 Å². The van der Waals surface area contributed by atoms with Gasteiger partial charge in [0.15, 0.2) is 0 Å². The molecule has 5 heteroatoms. The molecule has 92 valence electrons. The first-order chi connectivity index (χ1) is 8.56. The van der Waals surface area contributed by atoms with E-state index in [0.717, 1.165) is 15.7 Å². The van der Waals surface area contributed by atoms with E-state index < -0.39 is 5.97 Å². The summed E-state index contributed by atoms with van der Waals surface area (Å²) in [6.45, 7) is 1.97. The number of rotatable bonds is 3. The van der Waals surface area contributed by atoms with Crippen molar-refractivity contribution in [1.29, 1.82) is 0 Å². The second-order valence-electron chi connectivity index (χ2n) is 3.87. The Morgan fingerprint density at radius 3 is 2.83 bits per heavy atom. The van der Waals surface area contributed by atoms with Crippen molar-refractivity contribution >= 4 is 33.3 Å². The van der Waals surface area contributed by atoms with Crippen molar-refractivity contribution in [2.75, 3.05) is 5.32 Å². The van der Waals surface area contributed by atoms with Crippen LogP contribution in [0.15, 0.2) is 41.1 Å². The number of nitrogens with zero attached hydrogens (tertiary/aromatic N) is 1. The first kappa shape index (κ1) is 12.6. The Bertz CT molecular complexity index is 579. The molecule has 18 heavy (non-hydrogen) atoms. The molecular weight excluding hydrogens is 296 g/mol. The van der Waals surface area contributed by atoms with Gasteiger partial charge in [0.2, 0.25) is 0 Å². The molecule has 0 bridgehead atoms. The zero-order chi connectivity index (χ0) is 13.1. The Morgan fingerprint density at radius 1 is 1.39 bits per heavy atom. The lowest BCUT2D eigenvalue weighted by Crippen LogP contribution is -2.03. The SMILES string of the molecule is Cc1cc(Br)cc(Nc2ccncc2C(=O)O)c1. The molecular formula is C13H11BrN2O2. The normalized spacial score (nSPS) is 10.1. The number of anilines is 2. The van der Waals surface area contributed by atoms with Gasteiger partial charge < -0.3 is 10.4 Å². The molecule has 0 saturated heterocycles. The third-order valence-corrected chi connectivity index (χ3v) is 2.83. The molecule has 4 nitrogen and oxygen atoms in total. The van der Waals surface area contributed by atoms with Crippen molar-refractivity contribution in [2.45, 2.75) is 6.92 Å². The van der Waals surface area contributed by atoms with Gasteiger partial charge in [-0.15, -0.1) is 0 Å². The molecule has 0 radical (unpaired) electrons. The minimum atomic E-state index is -1.00. The van der Waals surface area contributed by atoms with Gasteiger partial charge in [0.1, 0.15) is 5.56 Å². The number of aromatic nitrogens is 1. The Kier molecular flexibility index (Phi) is 3.62. The van der Waals surface area contributed by atoms with E-state index in [0.29, 0.717) is 5.69 Å². The van der Waals surface area contributed by atoms with E-state index in [1.54, 1.807) is 12.3 Å². The van der Waals surface area contributed by atoms with Crippen molar-refractivity contribution in [3.05, 3.63) is 52.3 Å². The number of carbonyl (C=O) groups is 1. The van der Waals surface area contributed by atoms with E-state index in [4.69, 9.17) is 5.11 Å². The molecule has 2 aromatic rings. The maximum absolute atomic E-state index is 11.1. The van der Waals surface area contributed by atoms with Crippen LogP contribution in [0.1, 0.15) is 15.9 Å². The van der Waals surface area contributed by atoms with E-state index in [2.05, 4.69) is 26.2 Å². The van der Waals surface area contributed by atoms with Crippen LogP contribution in [0.2, 0.25) is 0 Å². The van der Waals surface area contributed by atoms with E-state index in [9.17, 15) is 4.79 Å². The Balaban J connectivity index is 2.37. The zero-order valence-corrected chi connectivity index (χ0v) is 11.2. The zero-order valence-electron chi connectivity index (χ0n) is 9.64. The van der Waals surface area contributed by atoms with E-state index >= 15 is 0 Å². The standard InChI is InChI=1S/C13H11BrN2O2/c1-8-4-9(14)6-10(5-8)16-12-2-3-15-7-11(12)13(17)18/h2-7H,1H3,(H,15,16)(H,17,18). The number of carboxylic acids is 1. The summed E-state index contributed by atoms with van der Waals surface area (Å²) in [6.07, 6.45) is 2.88. The van der Waals surface area contributed by atoms with Crippen LogP contribution in [-0.2, 0) is 0 Å². The molecule has 0 spiro atoms. The molecule has 1 aromatic carbocycles. The number of pyridine rings is 1. The van der Waals surface area contributed by atoms with Gasteiger partial charge in [-0.1, -0.05) is 15.9 Å². The van der Waals surface area contributed by atoms with Gasteiger partial charge >= 0.3 is 5.97 Å². The van der Waals surface area contributed by atoms with Crippen molar-refractivity contribution in [1.82, 2.24) is 4.98 Å². The van der Waals surface area contributed by atoms with Crippen molar-refractivity contribution in [3.63, 3.8) is 0 Å². The molecule has 0 aliphatic heterocycles. The van der Waals surface area contributed by atoms with Gasteiger partial charge in [-0.05, 0) is 36.8 Å². The number of carboxylic acid groups (broad SMARTS) is 1. The summed E-state index contributed by atoms with van der Waals surface area (Å²) >= 11 is 3.41. The number of halogens is 1. The smallest absolute Gasteiger partial charge is 0.339 e. The fourth-order valence-corrected chi connectivity index (χ4v) is 2.25. The van der Waals surface area contributed by atoms with Gasteiger partial charge in [0.05, 0.1) is 5.69 Å². The average Bonchev–Trinajstić information content (AvgIpc) is 2.27. The largest absolute Gasteiger partial charge is 0.478 e. The highest BCUT2D eigenvalue weighted by Gasteiger charge is 2.10. The molecule has 0 aliphatic rings. The summed E-state index contributed by atoms with van der Waals surface area (Å²) < 4.78 is 0.941. The predicted molar refractivity (Wildman–Crippen MR) is 73.4 cm³/mol. The fraction of sp³-hybridized carbons (Fsp3) is 0.0769. The number of benzene rings is 1. The minimum absolute atomic E-state index is 0.148. The van der Waals surface area contributed by atoms with E-state index in [1.165, 1.54) is 6.20 Å². The number of hydrogen-bond donors (Lipinski definition) is 2. The molecule has 1 heterocycles. The third-order valence-electron chi connectivity index (χ3n) is 2.37. The lowest BCUT2D eigenvalue weighted by molar-refractivity contribution is 0.0697. The van der Waals surface area contributed by atoms with Crippen molar-refractivity contribution < 1.29 is 9.90 Å². The number of hydrogen-bond acceptors (Lipinski definition) is 3. The lowest BCUT2D eigenvalue weighted by atomic mass is 10.2. The van der Waals surface area contributed by atoms with Gasteiger partial charge in [0, 0.05) is 22.6 Å². The molecule has 0 amide bonds. The molecule has 0 saturated carbocycles. The maximum atomic E-state index is 11.1. The first-order valence-corrected chi connectivity index (χ1v) is 6.07. The highest BCUT2D eigenvalue weighted by Crippen LogP contribution is 2.24. The summed E-state index contributed by atoms with van der Waals surface area (Å²) in [4.78, 5) is 14.9. The monoisotopic (exact) mass is 306 g/mol. The molecule has 2 N–H and O–H groups in total. The van der Waals surface area contributed by atoms with E-state index in [1.807, 2.05) is 25.1 Å². The Labute approximate surface area is 113 Å². The molecule has 2 rings (SSSR count). The van der Waals surface area contributed by atoms with Crippen LogP contribution >= 0.6 is 15.9 Å². The summed E-state index contributed by atoms with van der Waals surface area (Å²) in [6, 6.07) is 7.45. The van der Waals surface area contributed by atoms with Crippen LogP contribution in [-0.4, -0.2) is 16.1 Å². The van der Waals surface area contributed by atoms with Crippen LogP contribution in [0.25, 0.3) is 0 Å². The highest BCUT2D eigenvalue weighted by molar-refractivity contribution is 9.10. The third kappa shape index (κ3) is 2.87. The molecule has 1 aromatic heterocycles. The fourth-order valence-electron chi connectivity index (χ4n) is 1.64. The van der Waals surface area contributed by atoms with Gasteiger partial charge in [-0.3, -0.25) is 4.98 Å². The van der Waals surface area contributed by atoms with Crippen LogP contribution < -0.4 is 5.32 Å². The summed E-state index contributed by atoms with van der Waals surface area (Å²) in [7, 11) is 0. The number of aromatic carboxylic acids is 1. The second-order valence-corrected chi connectivity index (χ2v) is 4.78. The summed E-state index contributed by atoms with van der Waals surface area (Å²) in [5, 5.41) is 12.1. The number of aryl methyl sites for hydroxylation is 1. The predicted octanol–water partition coefficient (Wildman–Crippen LogP) is 3.59. The maximum Gasteiger partial charge on any atom is 0.339 e. The van der Waals surface area contributed by atoms with Crippen LogP contribution in [0, 0.1) is 6.92 Å². The summed E-state index contributed by atoms with van der Waals surface area (Å²) in [5.41, 5.74) is 2.58. The average molecular weight is 307 g/mol. The van der Waals surface area contributed by atoms with Gasteiger partial charge in [0.25, 0.3) is 0 Å². The molecule has 0 aliphatic carbocycles. The Hall–Kier alpha value is -1.88. The van der Waals surface area contributed by atoms with Crippen LogP contribution in [0.3, 0.4) is 0 Å². The van der Waals surface area contributed by atoms with Gasteiger partial charge in [-0.2, -0.15) is 0 Å².